The van der Waals surface area contributed by atoms with Crippen LogP contribution >= 0.6 is 0 Å². The van der Waals surface area contributed by atoms with Crippen LogP contribution in [0.3, 0.4) is 0 Å². The molecule has 0 unspecified atom stereocenters. The first-order chi connectivity index (χ1) is 7.11. The molecule has 1 saturated carbocycles. The van der Waals surface area contributed by atoms with Crippen molar-refractivity contribution in [2.24, 2.45) is 23.7 Å². The Balaban J connectivity index is 2.00. The van der Waals surface area contributed by atoms with Gasteiger partial charge in [-0.3, -0.25) is 9.59 Å². The van der Waals surface area contributed by atoms with Crippen molar-refractivity contribution >= 4 is 11.8 Å². The lowest BCUT2D eigenvalue weighted by atomic mass is 9.85. The van der Waals surface area contributed by atoms with E-state index in [0.29, 0.717) is 11.8 Å². The first kappa shape index (κ1) is 9.09. The number of fused-ring (bicyclic) bond motifs is 5. The molecule has 1 heterocycles. The number of carbonyl (C=O) groups is 2. The van der Waals surface area contributed by atoms with Crippen molar-refractivity contribution in [3.8, 4) is 0 Å². The molecule has 0 aromatic rings. The third-order valence-corrected chi connectivity index (χ3v) is 3.85. The fourth-order valence-corrected chi connectivity index (χ4v) is 3.28. The maximum atomic E-state index is 12.1. The van der Waals surface area contributed by atoms with Gasteiger partial charge in [0.1, 0.15) is 0 Å². The van der Waals surface area contributed by atoms with Crippen LogP contribution < -0.4 is 0 Å². The second kappa shape index (κ2) is 2.70. The zero-order valence-electron chi connectivity index (χ0n) is 8.88. The summed E-state index contributed by atoms with van der Waals surface area (Å²) in [5, 5.41) is 2.91. The van der Waals surface area contributed by atoms with Gasteiger partial charge >= 0.3 is 0 Å². The topological polar surface area (TPSA) is 40.6 Å². The summed E-state index contributed by atoms with van der Waals surface area (Å²) in [6.45, 7) is 0. The Kier molecular flexibility index (Phi) is 1.63. The third-order valence-electron chi connectivity index (χ3n) is 3.85. The average Bonchev–Trinajstić information content (AvgIpc) is 2.79. The summed E-state index contributed by atoms with van der Waals surface area (Å²) >= 11 is 0. The highest BCUT2D eigenvalue weighted by molar-refractivity contribution is 6.05. The molecule has 2 bridgehead atoms. The molecule has 2 fully saturated rings. The summed E-state index contributed by atoms with van der Waals surface area (Å²) in [6.07, 6.45) is 5.21. The van der Waals surface area contributed by atoms with E-state index in [9.17, 15) is 9.59 Å². The van der Waals surface area contributed by atoms with Gasteiger partial charge in [0, 0.05) is 14.1 Å². The second-order valence-corrected chi connectivity index (χ2v) is 4.84. The highest BCUT2D eigenvalue weighted by Crippen LogP contribution is 2.52. The number of allylic oxidation sites excluding steroid dienone is 2. The normalized spacial score (nSPS) is 42.2. The molecule has 3 rings (SSSR count). The van der Waals surface area contributed by atoms with Gasteiger partial charge in [-0.2, -0.15) is 0 Å². The number of nitrogens with zero attached hydrogens (tertiary/aromatic N) is 2. The Bertz CT molecular complexity index is 345. The van der Waals surface area contributed by atoms with Crippen LogP contribution in [0.2, 0.25) is 0 Å². The van der Waals surface area contributed by atoms with Crippen molar-refractivity contribution in [3.05, 3.63) is 12.2 Å². The number of amides is 2. The molecule has 2 amide bonds. The molecule has 0 aromatic carbocycles. The largest absolute Gasteiger partial charge is 0.273 e. The zero-order valence-corrected chi connectivity index (χ0v) is 8.88. The third kappa shape index (κ3) is 0.951. The molecule has 1 aliphatic heterocycles. The molecule has 3 aliphatic rings. The van der Waals surface area contributed by atoms with Crippen LogP contribution in [-0.4, -0.2) is 35.9 Å². The zero-order chi connectivity index (χ0) is 10.7. The van der Waals surface area contributed by atoms with Crippen molar-refractivity contribution in [3.63, 3.8) is 0 Å². The molecule has 0 N–H and O–H groups in total. The van der Waals surface area contributed by atoms with Crippen molar-refractivity contribution in [2.45, 2.75) is 6.42 Å². The molecule has 15 heavy (non-hydrogen) atoms. The van der Waals surface area contributed by atoms with Gasteiger partial charge in [0.15, 0.2) is 0 Å². The molecule has 0 spiro atoms. The monoisotopic (exact) mass is 206 g/mol. The second-order valence-electron chi connectivity index (χ2n) is 4.84. The minimum Gasteiger partial charge on any atom is -0.273 e. The maximum absolute atomic E-state index is 12.1. The smallest absolute Gasteiger partial charge is 0.248 e. The van der Waals surface area contributed by atoms with Gasteiger partial charge < -0.3 is 0 Å². The molecule has 0 aromatic heterocycles. The average molecular weight is 206 g/mol. The molecule has 4 heteroatoms. The standard InChI is InChI=1S/C11H14N2O2/c1-12(2)13-10(14)8-6-3-4-7(5-6)9(8)11(13)15/h3-4,6-9H,5H2,1-2H3/t6-,7+,8-,9+. The van der Waals surface area contributed by atoms with E-state index in [1.54, 1.807) is 19.1 Å². The van der Waals surface area contributed by atoms with Gasteiger partial charge in [-0.05, 0) is 18.3 Å². The van der Waals surface area contributed by atoms with Crippen molar-refractivity contribution in [1.29, 1.82) is 0 Å². The molecule has 4 nitrogen and oxygen atoms in total. The SMILES string of the molecule is CN(C)N1C(=O)[C@@H]2[C@H](C1=O)[C@@H]1C=C[C@H]2C1. The summed E-state index contributed by atoms with van der Waals surface area (Å²) in [7, 11) is 3.48. The highest BCUT2D eigenvalue weighted by atomic mass is 16.2. The summed E-state index contributed by atoms with van der Waals surface area (Å²) in [5.74, 6) is 0.450. The molecule has 1 saturated heterocycles. The van der Waals surface area contributed by atoms with Crippen molar-refractivity contribution in [1.82, 2.24) is 10.0 Å². The van der Waals surface area contributed by atoms with Gasteiger partial charge in [-0.15, -0.1) is 0 Å². The predicted molar refractivity (Wildman–Crippen MR) is 53.3 cm³/mol. The van der Waals surface area contributed by atoms with E-state index >= 15 is 0 Å². The van der Waals surface area contributed by atoms with Crippen LogP contribution in [0.5, 0.6) is 0 Å². The minimum atomic E-state index is -0.0742. The Labute approximate surface area is 88.5 Å². The van der Waals surface area contributed by atoms with E-state index in [0.717, 1.165) is 6.42 Å². The molecular formula is C11H14N2O2. The van der Waals surface area contributed by atoms with Gasteiger partial charge in [0.25, 0.3) is 0 Å². The summed E-state index contributed by atoms with van der Waals surface area (Å²) in [5.41, 5.74) is 0. The van der Waals surface area contributed by atoms with Crippen molar-refractivity contribution in [2.75, 3.05) is 14.1 Å². The lowest BCUT2D eigenvalue weighted by Gasteiger charge is -2.23. The van der Waals surface area contributed by atoms with Crippen LogP contribution in [0.25, 0.3) is 0 Å². The van der Waals surface area contributed by atoms with E-state index in [1.165, 1.54) is 5.01 Å². The Morgan fingerprint density at radius 3 is 2.00 bits per heavy atom. The van der Waals surface area contributed by atoms with E-state index < -0.39 is 0 Å². The Morgan fingerprint density at radius 2 is 1.60 bits per heavy atom. The van der Waals surface area contributed by atoms with Crippen molar-refractivity contribution < 1.29 is 9.59 Å². The van der Waals surface area contributed by atoms with E-state index in [2.05, 4.69) is 12.2 Å². The van der Waals surface area contributed by atoms with Crippen LogP contribution in [0.15, 0.2) is 12.2 Å². The first-order valence-electron chi connectivity index (χ1n) is 5.34. The Hall–Kier alpha value is -1.16. The van der Waals surface area contributed by atoms with Crippen LogP contribution in [-0.2, 0) is 9.59 Å². The van der Waals surface area contributed by atoms with Gasteiger partial charge in [0.2, 0.25) is 11.8 Å². The molecular weight excluding hydrogens is 192 g/mol. The predicted octanol–water partition coefficient (Wildman–Crippen LogP) is 0.270. The number of rotatable bonds is 1. The van der Waals surface area contributed by atoms with Crippen LogP contribution in [0.4, 0.5) is 0 Å². The molecule has 2 aliphatic carbocycles. The fourth-order valence-electron chi connectivity index (χ4n) is 3.28. The number of hydrogen-bond acceptors (Lipinski definition) is 3. The van der Waals surface area contributed by atoms with E-state index in [1.807, 2.05) is 0 Å². The van der Waals surface area contributed by atoms with Crippen LogP contribution in [0, 0.1) is 23.7 Å². The van der Waals surface area contributed by atoms with E-state index in [4.69, 9.17) is 0 Å². The molecule has 0 radical (unpaired) electrons. The molecule has 4 atom stereocenters. The number of imide groups is 1. The van der Waals surface area contributed by atoms with Gasteiger partial charge in [-0.1, -0.05) is 12.2 Å². The summed E-state index contributed by atoms with van der Waals surface area (Å²) in [6, 6.07) is 0. The fraction of sp³-hybridized carbons (Fsp3) is 0.636. The summed E-state index contributed by atoms with van der Waals surface area (Å²) in [4.78, 5) is 24.1. The minimum absolute atomic E-state index is 0.00755. The van der Waals surface area contributed by atoms with E-state index in [-0.39, 0.29) is 23.7 Å². The highest BCUT2D eigenvalue weighted by Gasteiger charge is 2.59. The van der Waals surface area contributed by atoms with Gasteiger partial charge in [-0.25, -0.2) is 10.0 Å². The van der Waals surface area contributed by atoms with Gasteiger partial charge in [0.05, 0.1) is 11.8 Å². The maximum Gasteiger partial charge on any atom is 0.248 e. The lowest BCUT2D eigenvalue weighted by Crippen LogP contribution is -2.43. The quantitative estimate of drug-likeness (QED) is 0.457. The van der Waals surface area contributed by atoms with Crippen LogP contribution in [0.1, 0.15) is 6.42 Å². The Morgan fingerprint density at radius 1 is 1.13 bits per heavy atom. The molecule has 80 valence electrons. The number of carbonyl (C=O) groups excluding carboxylic acids is 2. The first-order valence-corrected chi connectivity index (χ1v) is 5.34. The lowest BCUT2D eigenvalue weighted by molar-refractivity contribution is -0.155. The number of hydrazine groups is 1. The number of hydrogen-bond donors (Lipinski definition) is 0. The summed E-state index contributed by atoms with van der Waals surface area (Å²) < 4.78 is 0.